The van der Waals surface area contributed by atoms with E-state index in [1.54, 1.807) is 0 Å². The highest BCUT2D eigenvalue weighted by Gasteiger charge is 2.45. The van der Waals surface area contributed by atoms with Gasteiger partial charge in [0.2, 0.25) is 0 Å². The van der Waals surface area contributed by atoms with Crippen LogP contribution in [0.5, 0.6) is 0 Å². The van der Waals surface area contributed by atoms with Crippen LogP contribution in [-0.4, -0.2) is 57.4 Å². The quantitative estimate of drug-likeness (QED) is 0.327. The van der Waals surface area contributed by atoms with Crippen molar-refractivity contribution in [2.45, 2.75) is 51.3 Å². The molecule has 7 nitrogen and oxygen atoms in total. The Bertz CT molecular complexity index is 1520. The third-order valence-electron chi connectivity index (χ3n) is 7.67. The maximum Gasteiger partial charge on any atom is 0.410 e. The molecule has 1 amide bonds. The Kier molecular flexibility index (Phi) is 6.09. The summed E-state index contributed by atoms with van der Waals surface area (Å²) in [6.45, 7) is 6.76. The van der Waals surface area contributed by atoms with Crippen LogP contribution in [0.15, 0.2) is 78.9 Å². The highest BCUT2D eigenvalue weighted by atomic mass is 16.6. The molecule has 6 rings (SSSR count). The Morgan fingerprint density at radius 2 is 1.46 bits per heavy atom. The molecule has 2 aliphatic rings. The fraction of sp³-hybridized carbons (Fsp3) is 0.312. The Hall–Kier alpha value is -4.26. The number of hydrogen-bond acceptors (Lipinski definition) is 4. The minimum atomic E-state index is -0.978. The number of nitrogens with zero attached hydrogens (tertiary/aromatic N) is 3. The molecule has 0 saturated carbocycles. The van der Waals surface area contributed by atoms with E-state index in [0.717, 1.165) is 40.6 Å². The molecule has 1 N–H and O–H groups in total. The topological polar surface area (TPSA) is 75.0 Å². The number of hydrogen-bond donors (Lipinski definition) is 1. The summed E-state index contributed by atoms with van der Waals surface area (Å²) in [6.07, 6.45) is 1.46. The monoisotopic (exact) mass is 523 g/mol. The standard InChI is InChI=1S/C32H33N3O4/c1-32(2,3)39-31(38)34-24-15-16-25(34)20-33(19-24)28-26-17-14-22(21-10-6-4-7-11-21)18-27(26)35(29(28)30(36)37)23-12-8-5-9-13-23/h4-14,17-18,24-25H,15-16,19-20H2,1-3H3,(H,36,37)/t24-,25-/m0/s1. The number of rotatable bonds is 4. The van der Waals surface area contributed by atoms with Crippen molar-refractivity contribution in [2.75, 3.05) is 18.0 Å². The molecule has 0 unspecified atom stereocenters. The molecule has 4 aromatic rings. The lowest BCUT2D eigenvalue weighted by Crippen LogP contribution is -2.57. The van der Waals surface area contributed by atoms with E-state index < -0.39 is 11.6 Å². The summed E-state index contributed by atoms with van der Waals surface area (Å²) < 4.78 is 7.58. The van der Waals surface area contributed by atoms with Gasteiger partial charge in [0.1, 0.15) is 5.60 Å². The summed E-state index contributed by atoms with van der Waals surface area (Å²) in [5.74, 6) is -0.978. The second kappa shape index (κ2) is 9.49. The molecule has 39 heavy (non-hydrogen) atoms. The van der Waals surface area contributed by atoms with Gasteiger partial charge in [-0.25, -0.2) is 9.59 Å². The van der Waals surface area contributed by atoms with Gasteiger partial charge in [0.05, 0.1) is 23.3 Å². The molecule has 0 aliphatic carbocycles. The minimum Gasteiger partial charge on any atom is -0.476 e. The Morgan fingerprint density at radius 1 is 0.846 bits per heavy atom. The predicted octanol–water partition coefficient (Wildman–Crippen LogP) is 6.58. The van der Waals surface area contributed by atoms with Crippen molar-refractivity contribution in [1.29, 1.82) is 0 Å². The maximum absolute atomic E-state index is 13.1. The Morgan fingerprint density at radius 3 is 2.05 bits per heavy atom. The fourth-order valence-corrected chi connectivity index (χ4v) is 6.14. The minimum absolute atomic E-state index is 0.0287. The first-order valence-electron chi connectivity index (χ1n) is 13.5. The van der Waals surface area contributed by atoms with Gasteiger partial charge in [-0.05, 0) is 62.9 Å². The molecule has 1 aromatic heterocycles. The molecule has 2 fully saturated rings. The summed E-state index contributed by atoms with van der Waals surface area (Å²) in [7, 11) is 0. The second-order valence-electron chi connectivity index (χ2n) is 11.4. The molecule has 3 aromatic carbocycles. The van der Waals surface area contributed by atoms with Gasteiger partial charge in [-0.1, -0.05) is 60.7 Å². The lowest BCUT2D eigenvalue weighted by molar-refractivity contribution is 0.0122. The third-order valence-corrected chi connectivity index (χ3v) is 7.67. The van der Waals surface area contributed by atoms with E-state index in [1.165, 1.54) is 0 Å². The lowest BCUT2D eigenvalue weighted by Gasteiger charge is -2.42. The number of piperazine rings is 1. The predicted molar refractivity (Wildman–Crippen MR) is 153 cm³/mol. The van der Waals surface area contributed by atoms with Gasteiger partial charge in [0.25, 0.3) is 0 Å². The van der Waals surface area contributed by atoms with Crippen LogP contribution in [0.2, 0.25) is 0 Å². The van der Waals surface area contributed by atoms with E-state index in [-0.39, 0.29) is 23.9 Å². The highest BCUT2D eigenvalue weighted by Crippen LogP contribution is 2.42. The van der Waals surface area contributed by atoms with Crippen molar-refractivity contribution >= 4 is 28.7 Å². The van der Waals surface area contributed by atoms with Crippen molar-refractivity contribution in [2.24, 2.45) is 0 Å². The number of para-hydroxylation sites is 1. The highest BCUT2D eigenvalue weighted by molar-refractivity contribution is 6.08. The summed E-state index contributed by atoms with van der Waals surface area (Å²) >= 11 is 0. The molecule has 2 atom stereocenters. The zero-order valence-corrected chi connectivity index (χ0v) is 22.5. The average Bonchev–Trinajstić information content (AvgIpc) is 3.40. The zero-order valence-electron chi connectivity index (χ0n) is 22.5. The molecule has 7 heteroatoms. The number of carboxylic acids is 1. The summed E-state index contributed by atoms with van der Waals surface area (Å²) in [5, 5.41) is 11.5. The molecule has 200 valence electrons. The van der Waals surface area contributed by atoms with Crippen LogP contribution in [-0.2, 0) is 4.74 Å². The normalized spacial score (nSPS) is 18.9. The van der Waals surface area contributed by atoms with Crippen molar-refractivity contribution in [3.63, 3.8) is 0 Å². The molecule has 2 aliphatic heterocycles. The van der Waals surface area contributed by atoms with E-state index in [4.69, 9.17) is 4.74 Å². The molecular weight excluding hydrogens is 490 g/mol. The van der Waals surface area contributed by atoms with E-state index >= 15 is 0 Å². The number of benzene rings is 3. The first-order chi connectivity index (χ1) is 18.7. The first kappa shape index (κ1) is 25.0. The van der Waals surface area contributed by atoms with Crippen LogP contribution < -0.4 is 4.90 Å². The van der Waals surface area contributed by atoms with Crippen LogP contribution in [0.3, 0.4) is 0 Å². The summed E-state index contributed by atoms with van der Waals surface area (Å²) in [5.41, 5.74) is 4.12. The summed E-state index contributed by atoms with van der Waals surface area (Å²) in [6, 6.07) is 25.9. The van der Waals surface area contributed by atoms with E-state index in [2.05, 4.69) is 29.2 Å². The average molecular weight is 524 g/mol. The number of fused-ring (bicyclic) bond motifs is 3. The molecule has 2 saturated heterocycles. The van der Waals surface area contributed by atoms with Gasteiger partial charge >= 0.3 is 12.1 Å². The van der Waals surface area contributed by atoms with Gasteiger partial charge in [-0.2, -0.15) is 0 Å². The fourth-order valence-electron chi connectivity index (χ4n) is 6.14. The van der Waals surface area contributed by atoms with Crippen molar-refractivity contribution in [1.82, 2.24) is 9.47 Å². The van der Waals surface area contributed by atoms with Gasteiger partial charge < -0.3 is 19.3 Å². The van der Waals surface area contributed by atoms with E-state index in [9.17, 15) is 14.7 Å². The van der Waals surface area contributed by atoms with Crippen molar-refractivity contribution < 1.29 is 19.4 Å². The number of ether oxygens (including phenoxy) is 1. The van der Waals surface area contributed by atoms with E-state index in [1.807, 2.05) is 84.8 Å². The SMILES string of the molecule is CC(C)(C)OC(=O)N1[C@H]2CC[C@H]1CN(c1c(C(=O)O)n(-c3ccccc3)c3cc(-c4ccccc4)ccc13)C2. The molecule has 0 spiro atoms. The number of aromatic carboxylic acids is 1. The lowest BCUT2D eigenvalue weighted by atomic mass is 10.0. The van der Waals surface area contributed by atoms with E-state index in [0.29, 0.717) is 18.8 Å². The largest absolute Gasteiger partial charge is 0.476 e. The van der Waals surface area contributed by atoms with Gasteiger partial charge in [-0.3, -0.25) is 4.90 Å². The Labute approximate surface area is 228 Å². The Balaban J connectivity index is 1.48. The third kappa shape index (κ3) is 4.52. The van der Waals surface area contributed by atoms with Crippen molar-refractivity contribution in [3.05, 3.63) is 84.6 Å². The van der Waals surface area contributed by atoms with Crippen LogP contribution in [0, 0.1) is 0 Å². The van der Waals surface area contributed by atoms with Crippen molar-refractivity contribution in [3.8, 4) is 16.8 Å². The van der Waals surface area contributed by atoms with Gasteiger partial charge in [0, 0.05) is 24.2 Å². The van der Waals surface area contributed by atoms with Gasteiger partial charge in [0.15, 0.2) is 5.69 Å². The van der Waals surface area contributed by atoms with Crippen LogP contribution in [0.1, 0.15) is 44.1 Å². The number of anilines is 1. The molecular formula is C32H33N3O4. The second-order valence-corrected chi connectivity index (χ2v) is 11.4. The molecule has 2 bridgehead atoms. The van der Waals surface area contributed by atoms with Gasteiger partial charge in [-0.15, -0.1) is 0 Å². The molecule has 0 radical (unpaired) electrons. The maximum atomic E-state index is 13.1. The number of carboxylic acid groups (broad SMARTS) is 1. The number of aromatic nitrogens is 1. The zero-order chi connectivity index (χ0) is 27.3. The van der Waals surface area contributed by atoms with Crippen LogP contribution >= 0.6 is 0 Å². The molecule has 3 heterocycles. The number of amides is 1. The van der Waals surface area contributed by atoms with Crippen LogP contribution in [0.25, 0.3) is 27.7 Å². The summed E-state index contributed by atoms with van der Waals surface area (Å²) in [4.78, 5) is 30.1. The number of carbonyl (C=O) groups is 2. The smallest absolute Gasteiger partial charge is 0.410 e. The number of carbonyl (C=O) groups excluding carboxylic acids is 1. The first-order valence-corrected chi connectivity index (χ1v) is 13.5. The van der Waals surface area contributed by atoms with Crippen LogP contribution in [0.4, 0.5) is 10.5 Å².